The molecule has 0 saturated carbocycles. The van der Waals surface area contributed by atoms with Gasteiger partial charge >= 0.3 is 0 Å². The molecule has 17 heavy (non-hydrogen) atoms. The van der Waals surface area contributed by atoms with Crippen LogP contribution in [0.1, 0.15) is 0 Å². The van der Waals surface area contributed by atoms with Gasteiger partial charge in [0.15, 0.2) is 0 Å². The highest BCUT2D eigenvalue weighted by atomic mass is 79.9. The number of fused-ring (bicyclic) bond motifs is 1. The maximum atomic E-state index is 5.96. The Morgan fingerprint density at radius 3 is 2.76 bits per heavy atom. The summed E-state index contributed by atoms with van der Waals surface area (Å²) in [5.74, 6) is 0.796. The normalized spacial score (nSPS) is 10.9. The molecular formula is C13H10BrN3. The standard InChI is InChI=1S/C13H10BrN3/c14-8-5-6-10(15)9(7-8)13-16-11-3-1-2-4-12(11)17-13/h1-7H,15H2,(H,16,17). The lowest BCUT2D eigenvalue weighted by atomic mass is 10.2. The highest BCUT2D eigenvalue weighted by molar-refractivity contribution is 9.10. The Labute approximate surface area is 107 Å². The number of rotatable bonds is 1. The topological polar surface area (TPSA) is 54.7 Å². The van der Waals surface area contributed by atoms with Crippen LogP contribution in [-0.2, 0) is 0 Å². The van der Waals surface area contributed by atoms with Crippen molar-refractivity contribution < 1.29 is 0 Å². The Balaban J connectivity index is 2.23. The zero-order chi connectivity index (χ0) is 11.8. The number of halogens is 1. The molecule has 0 saturated heterocycles. The number of hydrogen-bond acceptors (Lipinski definition) is 2. The molecule has 1 heterocycles. The van der Waals surface area contributed by atoms with Crippen LogP contribution < -0.4 is 5.73 Å². The van der Waals surface area contributed by atoms with E-state index in [-0.39, 0.29) is 0 Å². The zero-order valence-corrected chi connectivity index (χ0v) is 10.5. The first-order valence-electron chi connectivity index (χ1n) is 5.24. The van der Waals surface area contributed by atoms with Gasteiger partial charge in [0.2, 0.25) is 0 Å². The van der Waals surface area contributed by atoms with E-state index >= 15 is 0 Å². The van der Waals surface area contributed by atoms with Gasteiger partial charge in [0.25, 0.3) is 0 Å². The van der Waals surface area contributed by atoms with Gasteiger partial charge in [-0.05, 0) is 30.3 Å². The van der Waals surface area contributed by atoms with Gasteiger partial charge in [-0.3, -0.25) is 0 Å². The largest absolute Gasteiger partial charge is 0.398 e. The highest BCUT2D eigenvalue weighted by Gasteiger charge is 2.08. The summed E-state index contributed by atoms with van der Waals surface area (Å²) in [6.07, 6.45) is 0. The van der Waals surface area contributed by atoms with E-state index < -0.39 is 0 Å². The second-order valence-electron chi connectivity index (χ2n) is 3.83. The molecule has 0 radical (unpaired) electrons. The summed E-state index contributed by atoms with van der Waals surface area (Å²) in [7, 11) is 0. The second kappa shape index (κ2) is 3.89. The van der Waals surface area contributed by atoms with Crippen LogP contribution in [-0.4, -0.2) is 9.97 Å². The summed E-state index contributed by atoms with van der Waals surface area (Å²) in [4.78, 5) is 7.80. The van der Waals surface area contributed by atoms with Crippen molar-refractivity contribution >= 4 is 32.7 Å². The summed E-state index contributed by atoms with van der Waals surface area (Å²) < 4.78 is 0.988. The van der Waals surface area contributed by atoms with E-state index in [4.69, 9.17) is 5.73 Å². The lowest BCUT2D eigenvalue weighted by Crippen LogP contribution is -1.90. The third-order valence-corrected chi connectivity index (χ3v) is 3.15. The first kappa shape index (κ1) is 10.4. The number of H-pyrrole nitrogens is 1. The Kier molecular flexibility index (Phi) is 2.37. The van der Waals surface area contributed by atoms with E-state index in [2.05, 4.69) is 25.9 Å². The Morgan fingerprint density at radius 1 is 1.12 bits per heavy atom. The minimum Gasteiger partial charge on any atom is -0.398 e. The fourth-order valence-electron chi connectivity index (χ4n) is 1.81. The predicted octanol–water partition coefficient (Wildman–Crippen LogP) is 3.57. The van der Waals surface area contributed by atoms with Gasteiger partial charge in [0.1, 0.15) is 5.82 Å². The molecule has 0 bridgehead atoms. The smallest absolute Gasteiger partial charge is 0.140 e. The van der Waals surface area contributed by atoms with Gasteiger partial charge in [0, 0.05) is 15.7 Å². The molecule has 0 fully saturated rings. The van der Waals surface area contributed by atoms with Crippen LogP contribution in [0.3, 0.4) is 0 Å². The predicted molar refractivity (Wildman–Crippen MR) is 73.6 cm³/mol. The molecule has 0 atom stereocenters. The molecule has 3 aromatic rings. The number of imidazole rings is 1. The van der Waals surface area contributed by atoms with Crippen molar-refractivity contribution in [3.05, 3.63) is 46.9 Å². The molecule has 0 spiro atoms. The van der Waals surface area contributed by atoms with Crippen LogP contribution in [0.15, 0.2) is 46.9 Å². The Hall–Kier alpha value is -1.81. The number of aromatic amines is 1. The van der Waals surface area contributed by atoms with Crippen LogP contribution in [0.25, 0.3) is 22.4 Å². The Morgan fingerprint density at radius 2 is 1.94 bits per heavy atom. The third-order valence-electron chi connectivity index (χ3n) is 2.66. The molecule has 3 N–H and O–H groups in total. The molecule has 3 rings (SSSR count). The monoisotopic (exact) mass is 287 g/mol. The molecule has 0 aliphatic carbocycles. The van der Waals surface area contributed by atoms with Crippen LogP contribution in [0.5, 0.6) is 0 Å². The number of nitrogens with one attached hydrogen (secondary N) is 1. The minimum absolute atomic E-state index is 0.715. The second-order valence-corrected chi connectivity index (χ2v) is 4.75. The third kappa shape index (κ3) is 1.80. The lowest BCUT2D eigenvalue weighted by Gasteiger charge is -2.02. The highest BCUT2D eigenvalue weighted by Crippen LogP contribution is 2.28. The molecular weight excluding hydrogens is 278 g/mol. The molecule has 1 aromatic heterocycles. The number of aromatic nitrogens is 2. The average Bonchev–Trinajstić information content (AvgIpc) is 2.75. The molecule has 0 amide bonds. The number of benzene rings is 2. The van der Waals surface area contributed by atoms with Crippen LogP contribution in [0.4, 0.5) is 5.69 Å². The lowest BCUT2D eigenvalue weighted by molar-refractivity contribution is 1.33. The fraction of sp³-hybridized carbons (Fsp3) is 0. The number of nitrogens with two attached hydrogens (primary N) is 1. The number of nitrogen functional groups attached to an aromatic ring is 1. The van der Waals surface area contributed by atoms with Crippen molar-refractivity contribution in [3.63, 3.8) is 0 Å². The summed E-state index contributed by atoms with van der Waals surface area (Å²) >= 11 is 3.44. The maximum Gasteiger partial charge on any atom is 0.140 e. The van der Waals surface area contributed by atoms with Gasteiger partial charge in [-0.2, -0.15) is 0 Å². The molecule has 4 heteroatoms. The maximum absolute atomic E-state index is 5.96. The van der Waals surface area contributed by atoms with E-state index in [1.54, 1.807) is 0 Å². The van der Waals surface area contributed by atoms with Gasteiger partial charge in [-0.25, -0.2) is 4.98 Å². The number of anilines is 1. The molecule has 0 unspecified atom stereocenters. The Bertz CT molecular complexity index is 655. The van der Waals surface area contributed by atoms with E-state index in [0.29, 0.717) is 5.69 Å². The van der Waals surface area contributed by atoms with Gasteiger partial charge in [-0.15, -0.1) is 0 Å². The minimum atomic E-state index is 0.715. The van der Waals surface area contributed by atoms with Crippen LogP contribution in [0, 0.1) is 0 Å². The number of para-hydroxylation sites is 2. The number of hydrogen-bond donors (Lipinski definition) is 2. The van der Waals surface area contributed by atoms with Crippen LogP contribution >= 0.6 is 15.9 Å². The summed E-state index contributed by atoms with van der Waals surface area (Å²) in [6.45, 7) is 0. The molecule has 84 valence electrons. The molecule has 0 aliphatic rings. The van der Waals surface area contributed by atoms with Crippen molar-refractivity contribution in [1.82, 2.24) is 9.97 Å². The van der Waals surface area contributed by atoms with E-state index in [0.717, 1.165) is 26.9 Å². The molecule has 0 aliphatic heterocycles. The molecule has 2 aromatic carbocycles. The van der Waals surface area contributed by atoms with Crippen molar-refractivity contribution in [2.75, 3.05) is 5.73 Å². The van der Waals surface area contributed by atoms with E-state index in [1.807, 2.05) is 42.5 Å². The first-order valence-corrected chi connectivity index (χ1v) is 6.03. The zero-order valence-electron chi connectivity index (χ0n) is 8.94. The summed E-state index contributed by atoms with van der Waals surface area (Å²) in [5, 5.41) is 0. The quantitative estimate of drug-likeness (QED) is 0.672. The van der Waals surface area contributed by atoms with Crippen molar-refractivity contribution in [2.24, 2.45) is 0 Å². The molecule has 3 nitrogen and oxygen atoms in total. The fourth-order valence-corrected chi connectivity index (χ4v) is 2.18. The van der Waals surface area contributed by atoms with Gasteiger partial charge in [0.05, 0.1) is 11.0 Å². The van der Waals surface area contributed by atoms with Crippen molar-refractivity contribution in [1.29, 1.82) is 0 Å². The average molecular weight is 288 g/mol. The van der Waals surface area contributed by atoms with E-state index in [9.17, 15) is 0 Å². The SMILES string of the molecule is Nc1ccc(Br)cc1-c1nc2ccccc2[nH]1. The summed E-state index contributed by atoms with van der Waals surface area (Å²) in [5.41, 5.74) is 9.55. The van der Waals surface area contributed by atoms with Gasteiger partial charge < -0.3 is 10.7 Å². The summed E-state index contributed by atoms with van der Waals surface area (Å²) in [6, 6.07) is 13.7. The number of nitrogens with zero attached hydrogens (tertiary/aromatic N) is 1. The van der Waals surface area contributed by atoms with Crippen LogP contribution in [0.2, 0.25) is 0 Å². The van der Waals surface area contributed by atoms with Crippen molar-refractivity contribution in [3.8, 4) is 11.4 Å². The van der Waals surface area contributed by atoms with Crippen molar-refractivity contribution in [2.45, 2.75) is 0 Å². The first-order chi connectivity index (χ1) is 8.24. The van der Waals surface area contributed by atoms with E-state index in [1.165, 1.54) is 0 Å². The van der Waals surface area contributed by atoms with Gasteiger partial charge in [-0.1, -0.05) is 28.1 Å².